The van der Waals surface area contributed by atoms with Crippen molar-refractivity contribution in [3.63, 3.8) is 0 Å². The van der Waals surface area contributed by atoms with Gasteiger partial charge in [0.15, 0.2) is 0 Å². The number of aliphatic carboxylic acids is 1. The van der Waals surface area contributed by atoms with E-state index in [9.17, 15) is 9.59 Å². The summed E-state index contributed by atoms with van der Waals surface area (Å²) in [6, 6.07) is 6.70. The van der Waals surface area contributed by atoms with Crippen molar-refractivity contribution in [3.05, 3.63) is 34.9 Å². The molecule has 1 aromatic rings. The Morgan fingerprint density at radius 2 is 1.86 bits per heavy atom. The number of aryl methyl sites for hydroxylation is 1. The van der Waals surface area contributed by atoms with E-state index < -0.39 is 12.0 Å². The largest absolute Gasteiger partial charge is 0.480 e. The fraction of sp³-hybridized carbons (Fsp3) is 0.500. The molecule has 0 radical (unpaired) electrons. The highest BCUT2D eigenvalue weighted by atomic mass is 35.5. The predicted octanol–water partition coefficient (Wildman–Crippen LogP) is 3.28. The van der Waals surface area contributed by atoms with Gasteiger partial charge in [-0.2, -0.15) is 0 Å². The van der Waals surface area contributed by atoms with Crippen LogP contribution in [0.5, 0.6) is 0 Å². The normalized spacial score (nSPS) is 12.2. The van der Waals surface area contributed by atoms with Crippen LogP contribution in [0, 0.1) is 5.92 Å². The Morgan fingerprint density at radius 3 is 2.38 bits per heavy atom. The van der Waals surface area contributed by atoms with Crippen molar-refractivity contribution in [2.45, 2.75) is 45.6 Å². The second-order valence-corrected chi connectivity index (χ2v) is 6.00. The van der Waals surface area contributed by atoms with Crippen molar-refractivity contribution in [1.82, 2.24) is 5.32 Å². The number of halogens is 1. The molecule has 0 aliphatic heterocycles. The lowest BCUT2D eigenvalue weighted by Gasteiger charge is -2.16. The van der Waals surface area contributed by atoms with Crippen LogP contribution in [0.4, 0.5) is 0 Å². The fourth-order valence-electron chi connectivity index (χ4n) is 2.06. The summed E-state index contributed by atoms with van der Waals surface area (Å²) in [5.41, 5.74) is 1.11. The molecular weight excluding hydrogens is 290 g/mol. The number of carboxylic acids is 1. The topological polar surface area (TPSA) is 66.4 Å². The van der Waals surface area contributed by atoms with Gasteiger partial charge in [0, 0.05) is 11.4 Å². The molecular formula is C16H22ClNO3. The van der Waals surface area contributed by atoms with Crippen molar-refractivity contribution < 1.29 is 14.7 Å². The molecule has 21 heavy (non-hydrogen) atoms. The average Bonchev–Trinajstić information content (AvgIpc) is 2.39. The molecule has 0 bridgehead atoms. The van der Waals surface area contributed by atoms with E-state index in [4.69, 9.17) is 16.7 Å². The van der Waals surface area contributed by atoms with Crippen molar-refractivity contribution >= 4 is 23.5 Å². The van der Waals surface area contributed by atoms with Crippen molar-refractivity contribution in [3.8, 4) is 0 Å². The van der Waals surface area contributed by atoms with Crippen LogP contribution in [0.25, 0.3) is 0 Å². The van der Waals surface area contributed by atoms with Gasteiger partial charge in [-0.1, -0.05) is 37.6 Å². The number of amides is 1. The Bertz CT molecular complexity index is 471. The summed E-state index contributed by atoms with van der Waals surface area (Å²) in [5.74, 6) is -0.966. The van der Waals surface area contributed by atoms with E-state index in [0.29, 0.717) is 24.3 Å². The van der Waals surface area contributed by atoms with Crippen LogP contribution in [0.15, 0.2) is 24.3 Å². The summed E-state index contributed by atoms with van der Waals surface area (Å²) in [7, 11) is 0. The van der Waals surface area contributed by atoms with Gasteiger partial charge in [-0.3, -0.25) is 4.79 Å². The maximum atomic E-state index is 11.8. The van der Waals surface area contributed by atoms with E-state index >= 15 is 0 Å². The zero-order chi connectivity index (χ0) is 15.8. The van der Waals surface area contributed by atoms with Crippen molar-refractivity contribution in [2.24, 2.45) is 5.92 Å². The second kappa shape index (κ2) is 8.67. The molecule has 116 valence electrons. The lowest BCUT2D eigenvalue weighted by atomic mass is 10.0. The number of benzene rings is 1. The first kappa shape index (κ1) is 17.5. The number of carbonyl (C=O) groups excluding carboxylic acids is 1. The molecule has 2 N–H and O–H groups in total. The zero-order valence-corrected chi connectivity index (χ0v) is 13.2. The molecule has 0 saturated heterocycles. The molecule has 1 aromatic carbocycles. The van der Waals surface area contributed by atoms with E-state index in [0.717, 1.165) is 12.0 Å². The maximum absolute atomic E-state index is 11.8. The molecule has 5 heteroatoms. The Balaban J connectivity index is 2.35. The molecule has 0 aliphatic rings. The van der Waals surface area contributed by atoms with Crippen LogP contribution in [-0.2, 0) is 16.0 Å². The minimum absolute atomic E-state index is 0.211. The molecule has 0 spiro atoms. The number of hydrogen-bond acceptors (Lipinski definition) is 2. The first-order valence-electron chi connectivity index (χ1n) is 7.15. The molecule has 0 saturated carbocycles. The summed E-state index contributed by atoms with van der Waals surface area (Å²) in [6.45, 7) is 3.87. The monoisotopic (exact) mass is 311 g/mol. The number of carbonyl (C=O) groups is 2. The average molecular weight is 312 g/mol. The van der Waals surface area contributed by atoms with Gasteiger partial charge >= 0.3 is 5.97 Å². The third kappa shape index (κ3) is 7.14. The number of nitrogens with one attached hydrogen (secondary N) is 1. The SMILES string of the molecule is CC(C)C[C@H](NC(=O)CCCc1ccc(Cl)cc1)C(=O)O. The fourth-order valence-corrected chi connectivity index (χ4v) is 2.19. The van der Waals surface area contributed by atoms with Crippen LogP contribution in [0.2, 0.25) is 5.02 Å². The minimum atomic E-state index is -0.977. The third-order valence-corrected chi connectivity index (χ3v) is 3.37. The van der Waals surface area contributed by atoms with Gasteiger partial charge in [-0.05, 0) is 42.9 Å². The summed E-state index contributed by atoms with van der Waals surface area (Å²) in [6.07, 6.45) is 2.22. The summed E-state index contributed by atoms with van der Waals surface area (Å²) < 4.78 is 0. The van der Waals surface area contributed by atoms with Crippen LogP contribution in [-0.4, -0.2) is 23.0 Å². The highest BCUT2D eigenvalue weighted by molar-refractivity contribution is 6.30. The van der Waals surface area contributed by atoms with Crippen LogP contribution >= 0.6 is 11.6 Å². The lowest BCUT2D eigenvalue weighted by Crippen LogP contribution is -2.41. The molecule has 0 aliphatic carbocycles. The molecule has 4 nitrogen and oxygen atoms in total. The first-order valence-corrected chi connectivity index (χ1v) is 7.53. The Hall–Kier alpha value is -1.55. The number of carboxylic acid groups (broad SMARTS) is 1. The second-order valence-electron chi connectivity index (χ2n) is 5.57. The summed E-state index contributed by atoms with van der Waals surface area (Å²) in [4.78, 5) is 22.9. The molecule has 0 aromatic heterocycles. The van der Waals surface area contributed by atoms with E-state index in [2.05, 4.69) is 5.32 Å². The van der Waals surface area contributed by atoms with Crippen LogP contribution < -0.4 is 5.32 Å². The predicted molar refractivity (Wildman–Crippen MR) is 83.4 cm³/mol. The molecule has 1 rings (SSSR count). The third-order valence-electron chi connectivity index (χ3n) is 3.12. The number of hydrogen-bond donors (Lipinski definition) is 2. The van der Waals surface area contributed by atoms with E-state index in [1.165, 1.54) is 0 Å². The van der Waals surface area contributed by atoms with E-state index in [1.807, 2.05) is 38.1 Å². The highest BCUT2D eigenvalue weighted by Gasteiger charge is 2.20. The van der Waals surface area contributed by atoms with Gasteiger partial charge < -0.3 is 10.4 Å². The van der Waals surface area contributed by atoms with Crippen molar-refractivity contribution in [1.29, 1.82) is 0 Å². The Kier molecular flexibility index (Phi) is 7.23. The van der Waals surface area contributed by atoms with Gasteiger partial charge in [-0.15, -0.1) is 0 Å². The standard InChI is InChI=1S/C16H22ClNO3/c1-11(2)10-14(16(20)21)18-15(19)5-3-4-12-6-8-13(17)9-7-12/h6-9,11,14H,3-5,10H2,1-2H3,(H,18,19)(H,20,21)/t14-/m0/s1. The van der Waals surface area contributed by atoms with E-state index in [1.54, 1.807) is 0 Å². The molecule has 0 fully saturated rings. The zero-order valence-electron chi connectivity index (χ0n) is 12.4. The first-order chi connectivity index (χ1) is 9.88. The summed E-state index contributed by atoms with van der Waals surface area (Å²) >= 11 is 5.80. The van der Waals surface area contributed by atoms with Gasteiger partial charge in [0.25, 0.3) is 0 Å². The Morgan fingerprint density at radius 1 is 1.24 bits per heavy atom. The lowest BCUT2D eigenvalue weighted by molar-refractivity contribution is -0.142. The molecule has 0 unspecified atom stereocenters. The van der Waals surface area contributed by atoms with Crippen molar-refractivity contribution in [2.75, 3.05) is 0 Å². The molecule has 1 amide bonds. The minimum Gasteiger partial charge on any atom is -0.480 e. The smallest absolute Gasteiger partial charge is 0.326 e. The maximum Gasteiger partial charge on any atom is 0.326 e. The van der Waals surface area contributed by atoms with Gasteiger partial charge in [-0.25, -0.2) is 4.79 Å². The van der Waals surface area contributed by atoms with E-state index in [-0.39, 0.29) is 11.8 Å². The summed E-state index contributed by atoms with van der Waals surface area (Å²) in [5, 5.41) is 12.3. The Labute approximate surface area is 130 Å². The van der Waals surface area contributed by atoms with Crippen LogP contribution in [0.3, 0.4) is 0 Å². The highest BCUT2D eigenvalue weighted by Crippen LogP contribution is 2.12. The van der Waals surface area contributed by atoms with Gasteiger partial charge in [0.05, 0.1) is 0 Å². The molecule has 0 heterocycles. The quantitative estimate of drug-likeness (QED) is 0.774. The van der Waals surface area contributed by atoms with Gasteiger partial charge in [0.2, 0.25) is 5.91 Å². The van der Waals surface area contributed by atoms with Crippen LogP contribution in [0.1, 0.15) is 38.7 Å². The van der Waals surface area contributed by atoms with Gasteiger partial charge in [0.1, 0.15) is 6.04 Å². The number of rotatable bonds is 8. The molecule has 1 atom stereocenters.